The van der Waals surface area contributed by atoms with Crippen LogP contribution >= 0.6 is 0 Å². The molecule has 2 heterocycles. The van der Waals surface area contributed by atoms with Gasteiger partial charge in [0, 0.05) is 12.3 Å². The van der Waals surface area contributed by atoms with E-state index < -0.39 is 0 Å². The standard InChI is InChI=1S/C13H19NO3/c1-15-13-6-5-12(10-14-13)11-4-2-3-8-16-17-9-7-11/h5-6,10-11H,2-4,7-9H2,1H3. The molecule has 0 bridgehead atoms. The van der Waals surface area contributed by atoms with Gasteiger partial charge in [0.05, 0.1) is 20.3 Å². The molecule has 2 rings (SSSR count). The van der Waals surface area contributed by atoms with Crippen molar-refractivity contribution in [3.8, 4) is 5.88 Å². The summed E-state index contributed by atoms with van der Waals surface area (Å²) >= 11 is 0. The molecule has 4 heteroatoms. The average molecular weight is 237 g/mol. The Balaban J connectivity index is 2.01. The summed E-state index contributed by atoms with van der Waals surface area (Å²) in [5.74, 6) is 1.17. The molecule has 0 amide bonds. The lowest BCUT2D eigenvalue weighted by atomic mass is 9.92. The predicted octanol–water partition coefficient (Wildman–Crippen LogP) is 2.70. The molecule has 1 fully saturated rings. The van der Waals surface area contributed by atoms with Gasteiger partial charge in [-0.2, -0.15) is 0 Å². The van der Waals surface area contributed by atoms with Crippen LogP contribution < -0.4 is 4.74 Å². The lowest BCUT2D eigenvalue weighted by molar-refractivity contribution is -0.294. The SMILES string of the molecule is COc1ccc(C2CCCCOOCC2)cn1. The van der Waals surface area contributed by atoms with Gasteiger partial charge in [-0.05, 0) is 30.7 Å². The van der Waals surface area contributed by atoms with Crippen LogP contribution in [-0.4, -0.2) is 25.3 Å². The number of hydrogen-bond acceptors (Lipinski definition) is 4. The van der Waals surface area contributed by atoms with Gasteiger partial charge < -0.3 is 4.74 Å². The molecule has 1 aromatic heterocycles. The summed E-state index contributed by atoms with van der Waals surface area (Å²) in [5, 5.41) is 0. The highest BCUT2D eigenvalue weighted by Crippen LogP contribution is 2.27. The van der Waals surface area contributed by atoms with Crippen molar-refractivity contribution in [2.75, 3.05) is 20.3 Å². The van der Waals surface area contributed by atoms with E-state index in [2.05, 4.69) is 11.1 Å². The fourth-order valence-corrected chi connectivity index (χ4v) is 2.09. The van der Waals surface area contributed by atoms with E-state index in [0.717, 1.165) is 12.8 Å². The highest BCUT2D eigenvalue weighted by atomic mass is 17.2. The van der Waals surface area contributed by atoms with E-state index in [-0.39, 0.29) is 0 Å². The highest BCUT2D eigenvalue weighted by molar-refractivity contribution is 5.21. The van der Waals surface area contributed by atoms with E-state index in [4.69, 9.17) is 14.5 Å². The molecule has 4 nitrogen and oxygen atoms in total. The number of methoxy groups -OCH3 is 1. The Morgan fingerprint density at radius 2 is 2.06 bits per heavy atom. The predicted molar refractivity (Wildman–Crippen MR) is 63.9 cm³/mol. The third kappa shape index (κ3) is 3.68. The number of ether oxygens (including phenoxy) is 1. The molecule has 1 unspecified atom stereocenters. The molecular formula is C13H19NO3. The van der Waals surface area contributed by atoms with Crippen LogP contribution in [0.4, 0.5) is 0 Å². The van der Waals surface area contributed by atoms with Crippen LogP contribution in [0.1, 0.15) is 37.2 Å². The van der Waals surface area contributed by atoms with Gasteiger partial charge in [-0.1, -0.05) is 12.5 Å². The van der Waals surface area contributed by atoms with Crippen molar-refractivity contribution < 1.29 is 14.5 Å². The summed E-state index contributed by atoms with van der Waals surface area (Å²) in [6.07, 6.45) is 6.27. The summed E-state index contributed by atoms with van der Waals surface area (Å²) in [6.45, 7) is 1.35. The molecule has 0 aromatic carbocycles. The lowest BCUT2D eigenvalue weighted by Gasteiger charge is -2.15. The monoisotopic (exact) mass is 237 g/mol. The van der Waals surface area contributed by atoms with Crippen LogP contribution in [0.25, 0.3) is 0 Å². The Labute approximate surface area is 102 Å². The van der Waals surface area contributed by atoms with Gasteiger partial charge in [0.25, 0.3) is 0 Å². The molecule has 1 saturated heterocycles. The Morgan fingerprint density at radius 1 is 1.18 bits per heavy atom. The molecule has 17 heavy (non-hydrogen) atoms. The van der Waals surface area contributed by atoms with Crippen LogP contribution in [0, 0.1) is 0 Å². The van der Waals surface area contributed by atoms with E-state index in [1.54, 1.807) is 7.11 Å². The first-order chi connectivity index (χ1) is 8.40. The Bertz CT molecular complexity index is 316. The Kier molecular flexibility index (Phi) is 4.76. The number of pyridine rings is 1. The minimum Gasteiger partial charge on any atom is -0.481 e. The quantitative estimate of drug-likeness (QED) is 0.741. The first-order valence-corrected chi connectivity index (χ1v) is 6.14. The van der Waals surface area contributed by atoms with Gasteiger partial charge >= 0.3 is 0 Å². The molecule has 1 aliphatic rings. The number of aromatic nitrogens is 1. The maximum Gasteiger partial charge on any atom is 0.212 e. The number of nitrogens with zero attached hydrogens (tertiary/aromatic N) is 1. The second-order valence-corrected chi connectivity index (χ2v) is 4.26. The fraction of sp³-hybridized carbons (Fsp3) is 0.615. The molecule has 0 spiro atoms. The zero-order valence-electron chi connectivity index (χ0n) is 10.2. The zero-order chi connectivity index (χ0) is 11.9. The molecule has 1 atom stereocenters. The normalized spacial score (nSPS) is 22.3. The topological polar surface area (TPSA) is 40.6 Å². The Morgan fingerprint density at radius 3 is 2.82 bits per heavy atom. The molecule has 94 valence electrons. The summed E-state index contributed by atoms with van der Waals surface area (Å²) in [4.78, 5) is 14.4. The van der Waals surface area contributed by atoms with Crippen LogP contribution in [0.15, 0.2) is 18.3 Å². The van der Waals surface area contributed by atoms with Gasteiger partial charge in [-0.25, -0.2) is 14.8 Å². The molecule has 1 aliphatic heterocycles. The van der Waals surface area contributed by atoms with E-state index in [1.807, 2.05) is 12.3 Å². The summed E-state index contributed by atoms with van der Waals surface area (Å²) in [5.41, 5.74) is 1.26. The summed E-state index contributed by atoms with van der Waals surface area (Å²) < 4.78 is 5.07. The zero-order valence-corrected chi connectivity index (χ0v) is 10.2. The van der Waals surface area contributed by atoms with Gasteiger partial charge in [0.2, 0.25) is 5.88 Å². The second-order valence-electron chi connectivity index (χ2n) is 4.26. The van der Waals surface area contributed by atoms with Gasteiger partial charge in [0.15, 0.2) is 0 Å². The molecule has 1 aromatic rings. The maximum absolute atomic E-state index is 5.11. The lowest BCUT2D eigenvalue weighted by Crippen LogP contribution is -2.03. The first kappa shape index (κ1) is 12.3. The van der Waals surface area contributed by atoms with Crippen LogP contribution in [0.2, 0.25) is 0 Å². The van der Waals surface area contributed by atoms with Gasteiger partial charge in [0.1, 0.15) is 0 Å². The van der Waals surface area contributed by atoms with Crippen molar-refractivity contribution in [2.24, 2.45) is 0 Å². The van der Waals surface area contributed by atoms with Crippen LogP contribution in [0.3, 0.4) is 0 Å². The third-order valence-corrected chi connectivity index (χ3v) is 3.10. The molecular weight excluding hydrogens is 218 g/mol. The van der Waals surface area contributed by atoms with E-state index in [9.17, 15) is 0 Å². The molecule has 0 aliphatic carbocycles. The maximum atomic E-state index is 5.11. The van der Waals surface area contributed by atoms with E-state index >= 15 is 0 Å². The van der Waals surface area contributed by atoms with Gasteiger partial charge in [-0.15, -0.1) is 0 Å². The second kappa shape index (κ2) is 6.57. The molecule has 0 radical (unpaired) electrons. The Hall–Kier alpha value is -1.13. The van der Waals surface area contributed by atoms with Crippen molar-refractivity contribution >= 4 is 0 Å². The van der Waals surface area contributed by atoms with Crippen molar-refractivity contribution in [1.82, 2.24) is 4.98 Å². The van der Waals surface area contributed by atoms with E-state index in [1.165, 1.54) is 18.4 Å². The fourth-order valence-electron chi connectivity index (χ4n) is 2.09. The smallest absolute Gasteiger partial charge is 0.212 e. The van der Waals surface area contributed by atoms with Crippen molar-refractivity contribution in [1.29, 1.82) is 0 Å². The average Bonchev–Trinajstić information content (AvgIpc) is 2.52. The van der Waals surface area contributed by atoms with Crippen molar-refractivity contribution in [3.63, 3.8) is 0 Å². The minimum atomic E-state index is 0.509. The first-order valence-electron chi connectivity index (χ1n) is 6.14. The highest BCUT2D eigenvalue weighted by Gasteiger charge is 2.14. The van der Waals surface area contributed by atoms with Crippen molar-refractivity contribution in [3.05, 3.63) is 23.9 Å². The number of hydrogen-bond donors (Lipinski definition) is 0. The molecule has 0 N–H and O–H groups in total. The summed E-state index contributed by atoms with van der Waals surface area (Å²) in [7, 11) is 1.63. The number of rotatable bonds is 2. The van der Waals surface area contributed by atoms with Crippen LogP contribution in [0.5, 0.6) is 5.88 Å². The third-order valence-electron chi connectivity index (χ3n) is 3.10. The largest absolute Gasteiger partial charge is 0.481 e. The van der Waals surface area contributed by atoms with E-state index in [0.29, 0.717) is 25.0 Å². The minimum absolute atomic E-state index is 0.509. The van der Waals surface area contributed by atoms with Crippen LogP contribution in [-0.2, 0) is 9.78 Å². The summed E-state index contributed by atoms with van der Waals surface area (Å²) in [6, 6.07) is 4.01. The van der Waals surface area contributed by atoms with Crippen molar-refractivity contribution in [2.45, 2.75) is 31.6 Å². The molecule has 0 saturated carbocycles. The van der Waals surface area contributed by atoms with Gasteiger partial charge in [-0.3, -0.25) is 0 Å².